The molecule has 3 aromatic rings. The van der Waals surface area contributed by atoms with E-state index in [4.69, 9.17) is 19.7 Å². The monoisotopic (exact) mass is 834 g/mol. The van der Waals surface area contributed by atoms with Gasteiger partial charge in [-0.1, -0.05) is 40.5 Å². The smallest absolute Gasteiger partial charge is 0.297 e. The van der Waals surface area contributed by atoms with Gasteiger partial charge in [-0.25, -0.2) is 4.39 Å². The first-order valence-corrected chi connectivity index (χ1v) is 21.6. The molecular formula is C45H80FN7O6. The van der Waals surface area contributed by atoms with Gasteiger partial charge in [-0.2, -0.15) is 4.98 Å². The van der Waals surface area contributed by atoms with Crippen LogP contribution in [-0.4, -0.2) is 127 Å². The quantitative estimate of drug-likeness (QED) is 0.0881. The Morgan fingerprint density at radius 3 is 2.24 bits per heavy atom. The Bertz CT molecular complexity index is 1610. The van der Waals surface area contributed by atoms with E-state index < -0.39 is 11.4 Å². The van der Waals surface area contributed by atoms with Crippen LogP contribution in [0.1, 0.15) is 116 Å². The van der Waals surface area contributed by atoms with Crippen LogP contribution in [-0.2, 0) is 11.2 Å². The number of hydrogen-bond donors (Lipinski definition) is 7. The summed E-state index contributed by atoms with van der Waals surface area (Å²) in [7, 11) is 7.28. The summed E-state index contributed by atoms with van der Waals surface area (Å²) >= 11 is 0. The van der Waals surface area contributed by atoms with Crippen LogP contribution in [0.3, 0.4) is 0 Å². The van der Waals surface area contributed by atoms with E-state index in [9.17, 15) is 9.90 Å². The molecule has 2 aromatic heterocycles. The lowest BCUT2D eigenvalue weighted by molar-refractivity contribution is 0.0530. The Kier molecular flexibility index (Phi) is 27.2. The number of aromatic amines is 1. The molecular weight excluding hydrogens is 754 g/mol. The van der Waals surface area contributed by atoms with Crippen molar-refractivity contribution in [1.82, 2.24) is 35.8 Å². The van der Waals surface area contributed by atoms with Gasteiger partial charge < -0.3 is 40.7 Å². The molecule has 3 aliphatic rings. The fraction of sp³-hybridized carbons (Fsp3) is 0.711. The summed E-state index contributed by atoms with van der Waals surface area (Å²) in [6.45, 7) is 13.6. The van der Waals surface area contributed by atoms with E-state index in [0.29, 0.717) is 31.4 Å². The fourth-order valence-corrected chi connectivity index (χ4v) is 7.75. The van der Waals surface area contributed by atoms with Crippen molar-refractivity contribution in [2.75, 3.05) is 74.2 Å². The minimum absolute atomic E-state index is 0. The highest BCUT2D eigenvalue weighted by molar-refractivity contribution is 5.83. The zero-order valence-electron chi connectivity index (χ0n) is 36.8. The summed E-state index contributed by atoms with van der Waals surface area (Å²) in [6.07, 6.45) is 14.9. The molecule has 2 atom stereocenters. The number of likely N-dealkylation sites (N-methyl/N-ethyl adjacent to an activating group) is 1. The van der Waals surface area contributed by atoms with E-state index in [-0.39, 0.29) is 60.1 Å². The van der Waals surface area contributed by atoms with Crippen molar-refractivity contribution in [3.8, 4) is 23.0 Å². The first-order valence-electron chi connectivity index (χ1n) is 21.6. The number of pyridine rings is 1. The zero-order valence-corrected chi connectivity index (χ0v) is 36.8. The van der Waals surface area contributed by atoms with Gasteiger partial charge in [0.1, 0.15) is 23.6 Å². The first-order chi connectivity index (χ1) is 28.0. The average molecular weight is 834 g/mol. The van der Waals surface area contributed by atoms with Crippen molar-refractivity contribution in [2.45, 2.75) is 136 Å². The van der Waals surface area contributed by atoms with Crippen LogP contribution in [0.15, 0.2) is 23.1 Å². The van der Waals surface area contributed by atoms with Crippen LogP contribution in [0.2, 0.25) is 0 Å². The minimum atomic E-state index is -0.716. The third kappa shape index (κ3) is 17.3. The van der Waals surface area contributed by atoms with Gasteiger partial charge in [-0.15, -0.1) is 0 Å². The summed E-state index contributed by atoms with van der Waals surface area (Å²) in [6, 6.07) is 3.16. The number of hydrogen-bond acceptors (Lipinski definition) is 12. The maximum atomic E-state index is 15.9. The predicted molar refractivity (Wildman–Crippen MR) is 240 cm³/mol. The summed E-state index contributed by atoms with van der Waals surface area (Å²) in [5.74, 6) is -0.700. The minimum Gasteiger partial charge on any atom is -0.508 e. The lowest BCUT2D eigenvalue weighted by atomic mass is 9.93. The van der Waals surface area contributed by atoms with E-state index >= 15 is 4.39 Å². The number of phenols is 1. The number of aromatic hydroxyl groups is 1. The third-order valence-corrected chi connectivity index (χ3v) is 10.6. The molecule has 0 radical (unpaired) electrons. The number of nitrogens with one attached hydrogen (secondary N) is 4. The van der Waals surface area contributed by atoms with Crippen molar-refractivity contribution < 1.29 is 29.2 Å². The molecule has 0 bridgehead atoms. The number of benzene rings is 1. The molecule has 338 valence electrons. The molecule has 13 nitrogen and oxygen atoms in total. The zero-order chi connectivity index (χ0) is 42.9. The SMILES string of the molecule is C.C1CCCNCC1.CC.CNC.CNCC(CC(C)O)OC.Cc1cc(O)cc(-c2ncc3c(=O)[nH]c(OCC45CCCN4CCC5)nc3c2F)c1CCCCCO. The number of nitrogens with zero attached hydrogens (tertiary/aromatic N) is 3. The molecule has 0 spiro atoms. The molecule has 14 heteroatoms. The standard InChI is InChI=1S/C27H33FN4O4.C7H17NO2.C6H13N.C2H7N.C2H6.CH4/c1-17-13-18(34)14-20(19(17)7-3-2-4-12-33)23-22(28)24-21(15-29-23)25(35)31-26(30-24)36-16-27-8-5-10-32(27)11-6-9-27;1-6(9)4-7(10-3)5-8-2;1-2-4-6-7-5-3-1;1-3-2;1-2;/h13-15,33-34H,2-12,16H2,1H3,(H,30,31,35);6-9H,4-5H2,1-3H3;7H,1-6H2;3H,1-2H3;1-2H3;1H4. The molecule has 1 aromatic carbocycles. The van der Waals surface area contributed by atoms with E-state index in [2.05, 4.69) is 35.8 Å². The van der Waals surface area contributed by atoms with Crippen molar-refractivity contribution in [3.05, 3.63) is 45.6 Å². The first kappa shape index (κ1) is 53.8. The fourth-order valence-electron chi connectivity index (χ4n) is 7.75. The highest BCUT2D eigenvalue weighted by Gasteiger charge is 2.45. The lowest BCUT2D eigenvalue weighted by Crippen LogP contribution is -2.43. The van der Waals surface area contributed by atoms with Crippen molar-refractivity contribution >= 4 is 10.9 Å². The Balaban J connectivity index is 0.000000623. The summed E-state index contributed by atoms with van der Waals surface area (Å²) in [5, 5.41) is 37.4. The van der Waals surface area contributed by atoms with Gasteiger partial charge in [0.15, 0.2) is 5.82 Å². The molecule has 0 saturated carbocycles. The van der Waals surface area contributed by atoms with Crippen LogP contribution in [0.5, 0.6) is 11.8 Å². The predicted octanol–water partition coefficient (Wildman–Crippen LogP) is 6.49. The molecule has 0 aliphatic carbocycles. The van der Waals surface area contributed by atoms with Crippen LogP contribution < -0.4 is 26.2 Å². The maximum Gasteiger partial charge on any atom is 0.297 e. The largest absolute Gasteiger partial charge is 0.508 e. The molecule has 3 fully saturated rings. The molecule has 6 rings (SSSR count). The third-order valence-electron chi connectivity index (χ3n) is 10.6. The Morgan fingerprint density at radius 2 is 1.66 bits per heavy atom. The highest BCUT2D eigenvalue weighted by atomic mass is 19.1. The van der Waals surface area contributed by atoms with Crippen LogP contribution >= 0.6 is 0 Å². The van der Waals surface area contributed by atoms with Gasteiger partial charge in [-0.05, 0) is 142 Å². The summed E-state index contributed by atoms with van der Waals surface area (Å²) in [4.78, 5) is 26.4. The summed E-state index contributed by atoms with van der Waals surface area (Å²) < 4.78 is 26.9. The molecule has 59 heavy (non-hydrogen) atoms. The Hall–Kier alpha value is -3.24. The number of aromatic nitrogens is 3. The van der Waals surface area contributed by atoms with Crippen molar-refractivity contribution in [1.29, 1.82) is 0 Å². The number of methoxy groups -OCH3 is 1. The Labute approximate surface area is 354 Å². The van der Waals surface area contributed by atoms with Gasteiger partial charge in [0.2, 0.25) is 0 Å². The number of rotatable bonds is 14. The maximum absolute atomic E-state index is 15.9. The van der Waals surface area contributed by atoms with Crippen LogP contribution in [0, 0.1) is 12.7 Å². The Morgan fingerprint density at radius 1 is 1.02 bits per heavy atom. The van der Waals surface area contributed by atoms with E-state index in [1.54, 1.807) is 20.1 Å². The molecule has 2 unspecified atom stereocenters. The molecule has 5 heterocycles. The van der Waals surface area contributed by atoms with Gasteiger partial charge in [-0.3, -0.25) is 19.7 Å². The van der Waals surface area contributed by atoms with Crippen molar-refractivity contribution in [3.63, 3.8) is 0 Å². The molecule has 3 saturated heterocycles. The number of H-pyrrole nitrogens is 1. The van der Waals surface area contributed by atoms with Gasteiger partial charge in [0.25, 0.3) is 11.6 Å². The van der Waals surface area contributed by atoms with E-state index in [0.717, 1.165) is 69.3 Å². The highest BCUT2D eigenvalue weighted by Crippen LogP contribution is 2.39. The molecule has 3 aliphatic heterocycles. The normalized spacial score (nSPS) is 16.5. The second kappa shape index (κ2) is 29.9. The van der Waals surface area contributed by atoms with E-state index in [1.165, 1.54) is 51.0 Å². The number of halogens is 1. The number of unbranched alkanes of at least 4 members (excludes halogenated alkanes) is 2. The number of aliphatic hydroxyl groups excluding tert-OH is 2. The van der Waals surface area contributed by atoms with Crippen LogP contribution in [0.25, 0.3) is 22.2 Å². The van der Waals surface area contributed by atoms with Gasteiger partial charge in [0, 0.05) is 38.4 Å². The molecule has 0 amide bonds. The second-order valence-electron chi connectivity index (χ2n) is 15.2. The summed E-state index contributed by atoms with van der Waals surface area (Å²) in [5.41, 5.74) is 1.59. The number of aryl methyl sites for hydroxylation is 1. The van der Waals surface area contributed by atoms with Gasteiger partial charge >= 0.3 is 0 Å². The second-order valence-corrected chi connectivity index (χ2v) is 15.2. The average Bonchev–Trinajstić information content (AvgIpc) is 3.65. The number of ether oxygens (including phenoxy) is 2. The number of aliphatic hydroxyl groups is 2. The van der Waals surface area contributed by atoms with Crippen LogP contribution in [0.4, 0.5) is 4.39 Å². The van der Waals surface area contributed by atoms with Gasteiger partial charge in [0.05, 0.1) is 23.1 Å². The lowest BCUT2D eigenvalue weighted by Gasteiger charge is -2.31. The topological polar surface area (TPSA) is 177 Å². The van der Waals surface area contributed by atoms with Crippen molar-refractivity contribution in [2.24, 2.45) is 0 Å². The molecule has 7 N–H and O–H groups in total. The number of phenolic OH excluding ortho intramolecular Hbond substituents is 1. The number of fused-ring (bicyclic) bond motifs is 2. The van der Waals surface area contributed by atoms with E-state index in [1.807, 2.05) is 41.9 Å².